The molecule has 0 aliphatic heterocycles. The van der Waals surface area contributed by atoms with Crippen LogP contribution >= 0.6 is 0 Å². The summed E-state index contributed by atoms with van der Waals surface area (Å²) in [5, 5.41) is 0. The minimum absolute atomic E-state index is 0.685. The smallest absolute Gasteiger partial charge is 0.149 e. The first-order chi connectivity index (χ1) is 5.27. The summed E-state index contributed by atoms with van der Waals surface area (Å²) in [5.74, 6) is 0.720. The molecule has 0 aliphatic carbocycles. The van der Waals surface area contributed by atoms with Crippen LogP contribution in [0, 0.1) is 0 Å². The van der Waals surface area contributed by atoms with E-state index in [2.05, 4.69) is 0 Å². The van der Waals surface area contributed by atoms with E-state index in [9.17, 15) is 4.79 Å². The minimum atomic E-state index is 0.685. The molecule has 0 amide bonds. The number of carbonyl (C=O) groups is 1. The second kappa shape index (κ2) is 3.24. The normalized spacial score (nSPS) is 9.18. The van der Waals surface area contributed by atoms with Crippen molar-refractivity contribution in [1.29, 1.82) is 0 Å². The van der Waals surface area contributed by atoms with E-state index in [0.717, 1.165) is 17.5 Å². The average Bonchev–Trinajstić information content (AvgIpc) is 2.05. The van der Waals surface area contributed by atoms with E-state index in [0.29, 0.717) is 5.56 Å². The maximum atomic E-state index is 10.4. The highest BCUT2D eigenvalue weighted by Crippen LogP contribution is 2.08. The van der Waals surface area contributed by atoms with Crippen molar-refractivity contribution in [2.45, 2.75) is 0 Å². The summed E-state index contributed by atoms with van der Waals surface area (Å²) in [6.45, 7) is 0. The average molecular weight is 148 g/mol. The van der Waals surface area contributed by atoms with Gasteiger partial charge in [0.05, 0.1) is 7.11 Å². The molecule has 1 aromatic rings. The molecule has 2 nitrogen and oxygen atoms in total. The lowest BCUT2D eigenvalue weighted by molar-refractivity contribution is 0.112. The van der Waals surface area contributed by atoms with Gasteiger partial charge in [-0.3, -0.25) is 4.79 Å². The van der Waals surface area contributed by atoms with E-state index in [4.69, 9.17) is 4.74 Å². The van der Waals surface area contributed by atoms with Crippen LogP contribution in [0.4, 0.5) is 0 Å². The first-order valence-corrected chi connectivity index (χ1v) is 3.37. The summed E-state index contributed by atoms with van der Waals surface area (Å²) in [6.07, 6.45) is 0.831. The van der Waals surface area contributed by atoms with Crippen LogP contribution in [0.2, 0.25) is 0 Å². The van der Waals surface area contributed by atoms with E-state index in [1.54, 1.807) is 13.2 Å². The summed E-state index contributed by atoms with van der Waals surface area (Å²) < 4.78 is 4.95. The molecule has 0 spiro atoms. The van der Waals surface area contributed by atoms with Gasteiger partial charge in [-0.2, -0.15) is 0 Å². The predicted octanol–water partition coefficient (Wildman–Crippen LogP) is -0.234. The molecule has 0 saturated carbocycles. The minimum Gasteiger partial charge on any atom is -0.497 e. The molecule has 0 heterocycles. The maximum absolute atomic E-state index is 10.4. The first kappa shape index (κ1) is 7.86. The van der Waals surface area contributed by atoms with Crippen LogP contribution in [0.1, 0.15) is 10.4 Å². The second-order valence-electron chi connectivity index (χ2n) is 2.34. The topological polar surface area (TPSA) is 26.3 Å². The molecule has 3 heteroatoms. The zero-order valence-electron chi connectivity index (χ0n) is 6.63. The maximum Gasteiger partial charge on any atom is 0.149 e. The number of hydrogen-bond acceptors (Lipinski definition) is 2. The number of aldehydes is 1. The highest BCUT2D eigenvalue weighted by Gasteiger charge is 1.97. The summed E-state index contributed by atoms with van der Waals surface area (Å²) >= 11 is 0. The Kier molecular flexibility index (Phi) is 2.31. The van der Waals surface area contributed by atoms with Crippen LogP contribution in [-0.4, -0.2) is 21.2 Å². The molecule has 0 saturated heterocycles. The number of carbonyl (C=O) groups excluding carboxylic acids is 1. The fraction of sp³-hybridized carbons (Fsp3) is 0.125. The molecule has 11 heavy (non-hydrogen) atoms. The van der Waals surface area contributed by atoms with Gasteiger partial charge in [-0.1, -0.05) is 11.5 Å². The number of rotatable bonds is 2. The molecule has 1 rings (SSSR count). The molecule has 56 valence electrons. The molecule has 0 N–H and O–H groups in total. The lowest BCUT2D eigenvalue weighted by atomic mass is 9.91. The first-order valence-electron chi connectivity index (χ1n) is 3.37. The van der Waals surface area contributed by atoms with Gasteiger partial charge in [-0.15, -0.1) is 0 Å². The Hall–Kier alpha value is -1.25. The van der Waals surface area contributed by atoms with Crippen molar-refractivity contribution < 1.29 is 9.53 Å². The molecule has 0 radical (unpaired) electrons. The SMILES string of the molecule is Bc1ccc(OC)cc1C=O. The van der Waals surface area contributed by atoms with E-state index in [-0.39, 0.29) is 0 Å². The van der Waals surface area contributed by atoms with Gasteiger partial charge in [0.2, 0.25) is 0 Å². The van der Waals surface area contributed by atoms with Gasteiger partial charge >= 0.3 is 0 Å². The van der Waals surface area contributed by atoms with Gasteiger partial charge in [-0.25, -0.2) is 0 Å². The van der Waals surface area contributed by atoms with Crippen molar-refractivity contribution in [3.05, 3.63) is 23.8 Å². The van der Waals surface area contributed by atoms with E-state index in [1.165, 1.54) is 0 Å². The van der Waals surface area contributed by atoms with Gasteiger partial charge in [0.15, 0.2) is 0 Å². The number of hydrogen-bond donors (Lipinski definition) is 0. The highest BCUT2D eigenvalue weighted by atomic mass is 16.5. The molecule has 0 atom stereocenters. The Morgan fingerprint density at radius 3 is 2.82 bits per heavy atom. The zero-order valence-corrected chi connectivity index (χ0v) is 6.63. The third kappa shape index (κ3) is 1.61. The van der Waals surface area contributed by atoms with Crippen LogP contribution in [0.15, 0.2) is 18.2 Å². The summed E-state index contributed by atoms with van der Waals surface area (Å²) in [5.41, 5.74) is 1.66. The summed E-state index contributed by atoms with van der Waals surface area (Å²) in [4.78, 5) is 10.4. The number of methoxy groups -OCH3 is 1. The highest BCUT2D eigenvalue weighted by molar-refractivity contribution is 6.35. The van der Waals surface area contributed by atoms with E-state index < -0.39 is 0 Å². The van der Waals surface area contributed by atoms with Crippen molar-refractivity contribution in [1.82, 2.24) is 0 Å². The predicted molar refractivity (Wildman–Crippen MR) is 46.6 cm³/mol. The van der Waals surface area contributed by atoms with Gasteiger partial charge in [0.1, 0.15) is 19.9 Å². The summed E-state index contributed by atoms with van der Waals surface area (Å²) in [7, 11) is 3.47. The van der Waals surface area contributed by atoms with Crippen LogP contribution in [0.25, 0.3) is 0 Å². The van der Waals surface area contributed by atoms with Crippen LogP contribution in [0.5, 0.6) is 5.75 Å². The quantitative estimate of drug-likeness (QED) is 0.427. The van der Waals surface area contributed by atoms with Crippen molar-refractivity contribution in [3.8, 4) is 5.75 Å². The van der Waals surface area contributed by atoms with E-state index >= 15 is 0 Å². The number of benzene rings is 1. The monoisotopic (exact) mass is 148 g/mol. The lowest BCUT2D eigenvalue weighted by Crippen LogP contribution is -2.08. The Labute approximate surface area is 66.6 Å². The van der Waals surface area contributed by atoms with Crippen molar-refractivity contribution in [2.24, 2.45) is 0 Å². The Balaban J connectivity index is 3.12. The third-order valence-corrected chi connectivity index (χ3v) is 1.61. The van der Waals surface area contributed by atoms with Gasteiger partial charge in [-0.05, 0) is 12.1 Å². The Bertz CT molecular complexity index is 271. The molecular weight excluding hydrogens is 139 g/mol. The van der Waals surface area contributed by atoms with Crippen LogP contribution in [-0.2, 0) is 0 Å². The number of ether oxygens (including phenoxy) is 1. The fourth-order valence-corrected chi connectivity index (χ4v) is 0.873. The standard InChI is InChI=1S/C8H9BO2/c1-11-7-2-3-8(9)6(4-7)5-10/h2-5H,9H2,1H3. The molecule has 0 fully saturated rings. The fourth-order valence-electron chi connectivity index (χ4n) is 0.873. The van der Waals surface area contributed by atoms with Crippen LogP contribution in [0.3, 0.4) is 0 Å². The van der Waals surface area contributed by atoms with Gasteiger partial charge in [0.25, 0.3) is 0 Å². The Morgan fingerprint density at radius 1 is 1.55 bits per heavy atom. The lowest BCUT2D eigenvalue weighted by Gasteiger charge is -2.01. The largest absolute Gasteiger partial charge is 0.497 e. The van der Waals surface area contributed by atoms with Crippen molar-refractivity contribution >= 4 is 19.6 Å². The van der Waals surface area contributed by atoms with Crippen molar-refractivity contribution in [3.63, 3.8) is 0 Å². The van der Waals surface area contributed by atoms with Crippen LogP contribution < -0.4 is 10.2 Å². The van der Waals surface area contributed by atoms with E-state index in [1.807, 2.05) is 20.0 Å². The molecule has 0 bridgehead atoms. The third-order valence-electron chi connectivity index (χ3n) is 1.61. The molecule has 0 unspecified atom stereocenters. The van der Waals surface area contributed by atoms with Gasteiger partial charge in [0, 0.05) is 5.56 Å². The Morgan fingerprint density at radius 2 is 2.27 bits per heavy atom. The van der Waals surface area contributed by atoms with Crippen molar-refractivity contribution in [2.75, 3.05) is 7.11 Å². The summed E-state index contributed by atoms with van der Waals surface area (Å²) in [6, 6.07) is 5.42. The molecule has 1 aromatic carbocycles. The molecular formula is C8H9BO2. The molecule has 0 aliphatic rings. The second-order valence-corrected chi connectivity index (χ2v) is 2.34. The molecule has 0 aromatic heterocycles. The zero-order chi connectivity index (χ0) is 8.27. The van der Waals surface area contributed by atoms with Gasteiger partial charge < -0.3 is 4.74 Å².